The molecule has 0 aliphatic carbocycles. The minimum atomic E-state index is -1.17. The average molecular weight is 422 g/mol. The Morgan fingerprint density at radius 3 is 2.69 bits per heavy atom. The van der Waals surface area contributed by atoms with Crippen LogP contribution in [0, 0.1) is 10.1 Å². The summed E-state index contributed by atoms with van der Waals surface area (Å²) in [6.07, 6.45) is 3.60. The Bertz CT molecular complexity index is 912. The Morgan fingerprint density at radius 1 is 1.38 bits per heavy atom. The van der Waals surface area contributed by atoms with Gasteiger partial charge in [-0.2, -0.15) is 5.10 Å². The first-order valence-electron chi connectivity index (χ1n) is 7.84. The highest BCUT2D eigenvalue weighted by Crippen LogP contribution is 2.33. The molecule has 0 saturated carbocycles. The van der Waals surface area contributed by atoms with Crippen LogP contribution in [0.15, 0.2) is 35.1 Å². The zero-order chi connectivity index (χ0) is 19.1. The summed E-state index contributed by atoms with van der Waals surface area (Å²) in [6.45, 7) is 1.75. The van der Waals surface area contributed by atoms with E-state index in [4.69, 9.17) is 0 Å². The summed E-state index contributed by atoms with van der Waals surface area (Å²) in [5.74, 6) is -0.399. The molecule has 0 unspecified atom stereocenters. The van der Waals surface area contributed by atoms with Crippen LogP contribution in [-0.4, -0.2) is 31.5 Å². The Labute approximate surface area is 157 Å². The van der Waals surface area contributed by atoms with Crippen molar-refractivity contribution in [2.75, 3.05) is 0 Å². The number of nitro benzene ring substituents is 1. The lowest BCUT2D eigenvalue weighted by Crippen LogP contribution is -2.43. The molecule has 1 atom stereocenters. The van der Waals surface area contributed by atoms with E-state index in [0.717, 1.165) is 4.90 Å². The fraction of sp³-hybridized carbons (Fsp3) is 0.312. The van der Waals surface area contributed by atoms with Gasteiger partial charge < -0.3 is 5.32 Å². The van der Waals surface area contributed by atoms with Gasteiger partial charge in [0.25, 0.3) is 11.6 Å². The molecule has 136 valence electrons. The minimum Gasteiger partial charge on any atom is -0.319 e. The fourth-order valence-electron chi connectivity index (χ4n) is 3.03. The minimum absolute atomic E-state index is 0.0548. The van der Waals surface area contributed by atoms with Gasteiger partial charge in [0.2, 0.25) is 0 Å². The third-order valence-corrected chi connectivity index (χ3v) is 5.12. The van der Waals surface area contributed by atoms with Gasteiger partial charge in [0, 0.05) is 24.9 Å². The fourth-order valence-corrected chi connectivity index (χ4v) is 3.42. The molecule has 1 aromatic carbocycles. The zero-order valence-corrected chi connectivity index (χ0v) is 15.7. The van der Waals surface area contributed by atoms with Gasteiger partial charge in [0.1, 0.15) is 5.54 Å². The highest BCUT2D eigenvalue weighted by Gasteiger charge is 2.51. The number of imide groups is 1. The van der Waals surface area contributed by atoms with Crippen LogP contribution in [0.5, 0.6) is 0 Å². The Hall–Kier alpha value is -2.75. The van der Waals surface area contributed by atoms with Gasteiger partial charge in [-0.25, -0.2) is 4.79 Å². The smallest absolute Gasteiger partial charge is 0.319 e. The van der Waals surface area contributed by atoms with E-state index in [9.17, 15) is 19.7 Å². The van der Waals surface area contributed by atoms with Gasteiger partial charge in [-0.15, -0.1) is 0 Å². The number of halogens is 1. The number of nitrogens with one attached hydrogen (secondary N) is 1. The maximum Gasteiger partial charge on any atom is 0.325 e. The molecule has 1 N–H and O–H groups in total. The van der Waals surface area contributed by atoms with Crippen molar-refractivity contribution in [3.8, 4) is 0 Å². The Morgan fingerprint density at radius 2 is 2.12 bits per heavy atom. The molecule has 1 aliphatic rings. The summed E-state index contributed by atoms with van der Waals surface area (Å²) in [7, 11) is 1.73. The molecule has 10 heteroatoms. The maximum absolute atomic E-state index is 13.0. The zero-order valence-electron chi connectivity index (χ0n) is 14.1. The van der Waals surface area contributed by atoms with E-state index >= 15 is 0 Å². The van der Waals surface area contributed by atoms with E-state index < -0.39 is 22.4 Å². The topological polar surface area (TPSA) is 110 Å². The molecule has 2 aromatic rings. The Kier molecular flexibility index (Phi) is 4.53. The van der Waals surface area contributed by atoms with Crippen molar-refractivity contribution >= 4 is 33.6 Å². The van der Waals surface area contributed by atoms with Crippen molar-refractivity contribution in [3.05, 3.63) is 56.3 Å². The standard InChI is InChI=1S/C16H16BrN5O4/c1-3-16(11-7-18-20(2)9-11)14(23)21(15(24)19-16)8-10-4-5-12(17)13(6-10)22(25)26/h4-7,9H,3,8H2,1-2H3,(H,19,24)/t16-/m0/s1. The van der Waals surface area contributed by atoms with Crippen molar-refractivity contribution in [1.82, 2.24) is 20.0 Å². The van der Waals surface area contributed by atoms with Crippen molar-refractivity contribution in [2.24, 2.45) is 7.05 Å². The number of urea groups is 1. The number of hydrogen-bond acceptors (Lipinski definition) is 5. The number of carbonyl (C=O) groups is 2. The summed E-state index contributed by atoms with van der Waals surface area (Å²) in [4.78, 5) is 37.1. The first-order valence-corrected chi connectivity index (χ1v) is 8.64. The number of nitro groups is 1. The summed E-state index contributed by atoms with van der Waals surface area (Å²) in [5, 5.41) is 17.9. The van der Waals surface area contributed by atoms with Gasteiger partial charge in [-0.3, -0.25) is 24.5 Å². The van der Waals surface area contributed by atoms with Gasteiger partial charge >= 0.3 is 6.03 Å². The van der Waals surface area contributed by atoms with Crippen molar-refractivity contribution < 1.29 is 14.5 Å². The van der Waals surface area contributed by atoms with Crippen LogP contribution in [0.2, 0.25) is 0 Å². The second-order valence-electron chi connectivity index (χ2n) is 6.03. The SMILES string of the molecule is CC[C@@]1(c2cnn(C)c2)NC(=O)N(Cc2ccc(Br)c([N+](=O)[O-])c2)C1=O. The number of aryl methyl sites for hydroxylation is 1. The third kappa shape index (κ3) is 2.85. The van der Waals surface area contributed by atoms with Crippen LogP contribution in [0.1, 0.15) is 24.5 Å². The van der Waals surface area contributed by atoms with E-state index in [-0.39, 0.29) is 12.2 Å². The second kappa shape index (κ2) is 6.52. The number of carbonyl (C=O) groups excluding carboxylic acids is 2. The maximum atomic E-state index is 13.0. The van der Waals surface area contributed by atoms with Crippen molar-refractivity contribution in [1.29, 1.82) is 0 Å². The highest BCUT2D eigenvalue weighted by atomic mass is 79.9. The second-order valence-corrected chi connectivity index (χ2v) is 6.88. The molecule has 0 bridgehead atoms. The summed E-state index contributed by atoms with van der Waals surface area (Å²) < 4.78 is 1.90. The summed E-state index contributed by atoms with van der Waals surface area (Å²) in [6, 6.07) is 3.97. The van der Waals surface area contributed by atoms with Crippen molar-refractivity contribution in [2.45, 2.75) is 25.4 Å². The molecule has 1 fully saturated rings. The van der Waals surface area contributed by atoms with Crippen LogP contribution in [0.25, 0.3) is 0 Å². The van der Waals surface area contributed by atoms with Gasteiger partial charge in [0.15, 0.2) is 0 Å². The van der Waals surface area contributed by atoms with E-state index in [1.165, 1.54) is 12.1 Å². The van der Waals surface area contributed by atoms with E-state index in [0.29, 0.717) is 22.0 Å². The number of rotatable bonds is 5. The van der Waals surface area contributed by atoms with Crippen LogP contribution in [0.4, 0.5) is 10.5 Å². The quantitative estimate of drug-likeness (QED) is 0.452. The molecule has 1 aliphatic heterocycles. The average Bonchev–Trinajstić information content (AvgIpc) is 3.13. The molecule has 2 heterocycles. The normalized spacial score (nSPS) is 19.7. The third-order valence-electron chi connectivity index (χ3n) is 4.45. The van der Waals surface area contributed by atoms with Gasteiger partial charge in [-0.1, -0.05) is 13.0 Å². The van der Waals surface area contributed by atoms with Crippen LogP contribution in [0.3, 0.4) is 0 Å². The first kappa shape index (κ1) is 18.1. The van der Waals surface area contributed by atoms with E-state index in [1.807, 2.05) is 0 Å². The monoisotopic (exact) mass is 421 g/mol. The number of aromatic nitrogens is 2. The molecular weight excluding hydrogens is 406 g/mol. The molecule has 1 aromatic heterocycles. The molecule has 3 amide bonds. The number of hydrogen-bond donors (Lipinski definition) is 1. The highest BCUT2D eigenvalue weighted by molar-refractivity contribution is 9.10. The molecule has 3 rings (SSSR count). The van der Waals surface area contributed by atoms with Crippen LogP contribution >= 0.6 is 15.9 Å². The molecule has 0 radical (unpaired) electrons. The molecule has 1 saturated heterocycles. The van der Waals surface area contributed by atoms with Gasteiger partial charge in [-0.05, 0) is 34.0 Å². The predicted molar refractivity (Wildman–Crippen MR) is 95.1 cm³/mol. The van der Waals surface area contributed by atoms with Gasteiger partial charge in [0.05, 0.1) is 22.1 Å². The lowest BCUT2D eigenvalue weighted by atomic mass is 9.89. The van der Waals surface area contributed by atoms with E-state index in [2.05, 4.69) is 26.3 Å². The first-order chi connectivity index (χ1) is 12.3. The summed E-state index contributed by atoms with van der Waals surface area (Å²) >= 11 is 3.12. The number of amides is 3. The largest absolute Gasteiger partial charge is 0.325 e. The van der Waals surface area contributed by atoms with Crippen molar-refractivity contribution in [3.63, 3.8) is 0 Å². The lowest BCUT2D eigenvalue weighted by molar-refractivity contribution is -0.385. The van der Waals surface area contributed by atoms with E-state index in [1.54, 1.807) is 37.1 Å². The molecular formula is C16H16BrN5O4. The Balaban J connectivity index is 1.92. The van der Waals surface area contributed by atoms with Crippen LogP contribution in [-0.2, 0) is 23.9 Å². The summed E-state index contributed by atoms with van der Waals surface area (Å²) in [5.41, 5.74) is -0.206. The molecule has 26 heavy (non-hydrogen) atoms. The lowest BCUT2D eigenvalue weighted by Gasteiger charge is -2.23. The molecule has 9 nitrogen and oxygen atoms in total. The number of nitrogens with zero attached hydrogens (tertiary/aromatic N) is 4. The predicted octanol–water partition coefficient (Wildman–Crippen LogP) is 2.45. The number of benzene rings is 1. The molecule has 0 spiro atoms. The van der Waals surface area contributed by atoms with Crippen LogP contribution < -0.4 is 5.32 Å².